The number of nitrogens with two attached hydrogens (primary N) is 2. The molecule has 7 nitrogen and oxygen atoms in total. The molecule has 0 saturated carbocycles. The van der Waals surface area contributed by atoms with E-state index in [-0.39, 0.29) is 17.9 Å². The fourth-order valence-corrected chi connectivity index (χ4v) is 2.10. The summed E-state index contributed by atoms with van der Waals surface area (Å²) < 4.78 is 0. The molecule has 1 atom stereocenters. The highest BCUT2D eigenvalue weighted by atomic mass is 16.2. The van der Waals surface area contributed by atoms with E-state index >= 15 is 0 Å². The first-order valence-electron chi connectivity index (χ1n) is 5.50. The molecule has 1 aliphatic heterocycles. The molecule has 1 saturated heterocycles. The number of nitrogen functional groups attached to an aromatic ring is 2. The molecule has 1 aromatic heterocycles. The molecule has 0 aliphatic carbocycles. The first-order valence-corrected chi connectivity index (χ1v) is 5.50. The molecule has 2 heterocycles. The molecule has 17 heavy (non-hydrogen) atoms. The highest BCUT2D eigenvalue weighted by Crippen LogP contribution is 2.25. The highest BCUT2D eigenvalue weighted by molar-refractivity contribution is 5.85. The van der Waals surface area contributed by atoms with E-state index in [1.807, 2.05) is 4.90 Å². The van der Waals surface area contributed by atoms with Crippen LogP contribution in [0.4, 0.5) is 17.6 Å². The molecule has 7 heteroatoms. The van der Waals surface area contributed by atoms with Gasteiger partial charge in [-0.3, -0.25) is 4.79 Å². The molecule has 1 fully saturated rings. The maximum Gasteiger partial charge on any atom is 0.242 e. The van der Waals surface area contributed by atoms with Crippen LogP contribution in [0.1, 0.15) is 12.8 Å². The Bertz CT molecular complexity index is 415. The predicted octanol–water partition coefficient (Wildman–Crippen LogP) is -0.644. The van der Waals surface area contributed by atoms with E-state index in [1.165, 1.54) is 0 Å². The number of nitrogens with one attached hydrogen (secondary N) is 1. The van der Waals surface area contributed by atoms with Crippen molar-refractivity contribution in [3.8, 4) is 0 Å². The van der Waals surface area contributed by atoms with Gasteiger partial charge in [0.15, 0.2) is 0 Å². The third kappa shape index (κ3) is 2.22. The Hall–Kier alpha value is -2.05. The Morgan fingerprint density at radius 1 is 1.53 bits per heavy atom. The molecule has 2 rings (SSSR count). The lowest BCUT2D eigenvalue weighted by atomic mass is 10.2. The first kappa shape index (κ1) is 11.4. The number of nitrogens with zero attached hydrogens (tertiary/aromatic N) is 3. The van der Waals surface area contributed by atoms with E-state index in [0.29, 0.717) is 11.6 Å². The predicted molar refractivity (Wildman–Crippen MR) is 65.3 cm³/mol. The van der Waals surface area contributed by atoms with Crippen molar-refractivity contribution in [2.45, 2.75) is 18.9 Å². The van der Waals surface area contributed by atoms with Crippen molar-refractivity contribution in [3.05, 3.63) is 6.07 Å². The van der Waals surface area contributed by atoms with Crippen LogP contribution in [0.3, 0.4) is 0 Å². The number of likely N-dealkylation sites (N-methyl/N-ethyl adjacent to an activating group) is 1. The third-order valence-corrected chi connectivity index (χ3v) is 2.85. The van der Waals surface area contributed by atoms with Crippen LogP contribution < -0.4 is 21.7 Å². The smallest absolute Gasteiger partial charge is 0.242 e. The Labute approximate surface area is 99.2 Å². The Morgan fingerprint density at radius 3 is 2.94 bits per heavy atom. The average Bonchev–Trinajstić information content (AvgIpc) is 2.75. The average molecular weight is 236 g/mol. The quantitative estimate of drug-likeness (QED) is 0.629. The van der Waals surface area contributed by atoms with Crippen molar-refractivity contribution < 1.29 is 4.79 Å². The third-order valence-electron chi connectivity index (χ3n) is 2.85. The van der Waals surface area contributed by atoms with Crippen LogP contribution in [0.15, 0.2) is 6.07 Å². The van der Waals surface area contributed by atoms with Crippen molar-refractivity contribution >= 4 is 23.5 Å². The van der Waals surface area contributed by atoms with Gasteiger partial charge in [0.25, 0.3) is 0 Å². The fraction of sp³-hybridized carbons (Fsp3) is 0.500. The normalized spacial score (nSPS) is 19.4. The minimum absolute atomic E-state index is 0.0155. The van der Waals surface area contributed by atoms with Gasteiger partial charge in [-0.05, 0) is 12.8 Å². The van der Waals surface area contributed by atoms with Crippen molar-refractivity contribution in [2.75, 3.05) is 30.0 Å². The van der Waals surface area contributed by atoms with Crippen LogP contribution >= 0.6 is 0 Å². The van der Waals surface area contributed by atoms with Gasteiger partial charge in [-0.2, -0.15) is 9.97 Å². The Kier molecular flexibility index (Phi) is 2.99. The summed E-state index contributed by atoms with van der Waals surface area (Å²) in [6, 6.07) is 1.44. The lowest BCUT2D eigenvalue weighted by Crippen LogP contribution is -2.42. The van der Waals surface area contributed by atoms with E-state index in [9.17, 15) is 4.79 Å². The van der Waals surface area contributed by atoms with Crippen molar-refractivity contribution in [1.29, 1.82) is 0 Å². The monoisotopic (exact) mass is 236 g/mol. The summed E-state index contributed by atoms with van der Waals surface area (Å²) in [4.78, 5) is 21.5. The molecular weight excluding hydrogens is 220 g/mol. The van der Waals surface area contributed by atoms with Gasteiger partial charge in [0.2, 0.25) is 11.9 Å². The number of rotatable bonds is 2. The van der Waals surface area contributed by atoms with Gasteiger partial charge in [-0.15, -0.1) is 0 Å². The summed E-state index contributed by atoms with van der Waals surface area (Å²) in [5.74, 6) is 1.04. The number of amides is 1. The molecule has 1 aliphatic rings. The zero-order valence-electron chi connectivity index (χ0n) is 9.68. The molecule has 1 unspecified atom stereocenters. The summed E-state index contributed by atoms with van der Waals surface area (Å²) in [5.41, 5.74) is 11.2. The summed E-state index contributed by atoms with van der Waals surface area (Å²) in [6.45, 7) is 0.772. The summed E-state index contributed by atoms with van der Waals surface area (Å²) in [7, 11) is 1.63. The maximum atomic E-state index is 11.7. The minimum Gasteiger partial charge on any atom is -0.383 e. The van der Waals surface area contributed by atoms with E-state index in [0.717, 1.165) is 19.4 Å². The van der Waals surface area contributed by atoms with Gasteiger partial charge in [0, 0.05) is 19.7 Å². The summed E-state index contributed by atoms with van der Waals surface area (Å²) in [6.07, 6.45) is 1.76. The van der Waals surface area contributed by atoms with E-state index < -0.39 is 0 Å². The fourth-order valence-electron chi connectivity index (χ4n) is 2.10. The van der Waals surface area contributed by atoms with Gasteiger partial charge in [-0.1, -0.05) is 0 Å². The zero-order chi connectivity index (χ0) is 12.4. The number of hydrogen-bond acceptors (Lipinski definition) is 6. The lowest BCUT2D eigenvalue weighted by Gasteiger charge is -2.24. The van der Waals surface area contributed by atoms with Crippen LogP contribution in [-0.2, 0) is 4.79 Å². The molecule has 0 aromatic carbocycles. The molecule has 1 aromatic rings. The van der Waals surface area contributed by atoms with E-state index in [1.54, 1.807) is 13.1 Å². The molecule has 1 amide bonds. The zero-order valence-corrected chi connectivity index (χ0v) is 9.68. The van der Waals surface area contributed by atoms with Crippen LogP contribution in [0.5, 0.6) is 0 Å². The van der Waals surface area contributed by atoms with Gasteiger partial charge >= 0.3 is 0 Å². The molecule has 0 spiro atoms. The van der Waals surface area contributed by atoms with Crippen molar-refractivity contribution in [1.82, 2.24) is 15.3 Å². The second-order valence-electron chi connectivity index (χ2n) is 3.97. The number of carbonyl (C=O) groups is 1. The SMILES string of the molecule is CNC(=O)C1CCCN1c1cc(N)nc(N)n1. The number of aromatic nitrogens is 2. The summed E-state index contributed by atoms with van der Waals surface area (Å²) in [5, 5.41) is 2.65. The van der Waals surface area contributed by atoms with Crippen LogP contribution in [0, 0.1) is 0 Å². The second kappa shape index (κ2) is 4.44. The first-order chi connectivity index (χ1) is 8.11. The van der Waals surface area contributed by atoms with Crippen molar-refractivity contribution in [3.63, 3.8) is 0 Å². The van der Waals surface area contributed by atoms with E-state index in [2.05, 4.69) is 15.3 Å². The second-order valence-corrected chi connectivity index (χ2v) is 3.97. The van der Waals surface area contributed by atoms with Gasteiger partial charge in [0.05, 0.1) is 0 Å². The van der Waals surface area contributed by atoms with Gasteiger partial charge in [0.1, 0.15) is 17.7 Å². The molecule has 0 bridgehead atoms. The largest absolute Gasteiger partial charge is 0.383 e. The summed E-state index contributed by atoms with van der Waals surface area (Å²) >= 11 is 0. The topological polar surface area (TPSA) is 110 Å². The molecule has 92 valence electrons. The van der Waals surface area contributed by atoms with Crippen LogP contribution in [0.25, 0.3) is 0 Å². The number of carbonyl (C=O) groups excluding carboxylic acids is 1. The van der Waals surface area contributed by atoms with Crippen molar-refractivity contribution in [2.24, 2.45) is 0 Å². The Balaban J connectivity index is 2.28. The molecule has 0 radical (unpaired) electrons. The lowest BCUT2D eigenvalue weighted by molar-refractivity contribution is -0.121. The number of hydrogen-bond donors (Lipinski definition) is 3. The van der Waals surface area contributed by atoms with Crippen LogP contribution in [-0.4, -0.2) is 35.5 Å². The Morgan fingerprint density at radius 2 is 2.29 bits per heavy atom. The molecular formula is C10H16N6O. The maximum absolute atomic E-state index is 11.7. The van der Waals surface area contributed by atoms with Gasteiger partial charge in [-0.25, -0.2) is 0 Å². The van der Waals surface area contributed by atoms with Gasteiger partial charge < -0.3 is 21.7 Å². The van der Waals surface area contributed by atoms with Crippen LogP contribution in [0.2, 0.25) is 0 Å². The minimum atomic E-state index is -0.200. The standard InChI is InChI=1S/C10H16N6O/c1-13-9(17)6-3-2-4-16(6)8-5-7(11)14-10(12)15-8/h5-6H,2-4H2,1H3,(H,13,17)(H4,11,12,14,15). The highest BCUT2D eigenvalue weighted by Gasteiger charge is 2.31. The number of anilines is 3. The molecule has 5 N–H and O–H groups in total. The van der Waals surface area contributed by atoms with E-state index in [4.69, 9.17) is 11.5 Å².